The first-order valence-electron chi connectivity index (χ1n) is 6.55. The molecule has 0 aromatic heterocycles. The van der Waals surface area contributed by atoms with Crippen LogP contribution in [-0.4, -0.2) is 28.8 Å². The van der Waals surface area contributed by atoms with Crippen LogP contribution in [0.15, 0.2) is 60.7 Å². The largest absolute Gasteiger partial charge is 0.401 e. The molecule has 0 atom stereocenters. The third-order valence-corrected chi connectivity index (χ3v) is 4.97. The van der Waals surface area contributed by atoms with Crippen molar-refractivity contribution in [3.05, 3.63) is 71.8 Å². The summed E-state index contributed by atoms with van der Waals surface area (Å²) in [5.74, 6) is -2.62. The molecule has 0 aliphatic heterocycles. The number of nitrogens with one attached hydrogen (secondary N) is 1. The van der Waals surface area contributed by atoms with Gasteiger partial charge in [-0.2, -0.15) is 16.8 Å². The van der Waals surface area contributed by atoms with Gasteiger partial charge in [-0.25, -0.2) is 9.59 Å². The average Bonchev–Trinajstić information content (AvgIpc) is 2.54. The van der Waals surface area contributed by atoms with Gasteiger partial charge in [-0.05, 0) is 28.4 Å². The molecule has 0 bridgehead atoms. The second-order valence-electron chi connectivity index (χ2n) is 4.47. The van der Waals surface area contributed by atoms with Crippen molar-refractivity contribution in [2.24, 2.45) is 0 Å². The standard InChI is InChI=1S/C14H11NO8S2/c16-13(11-7-3-1-4-8-11)22-24(18,19)15-25(20,21)23-14(17)12-9-5-2-6-10-12/h1-10,15H. The molecule has 0 heterocycles. The van der Waals surface area contributed by atoms with Crippen LogP contribution < -0.4 is 4.13 Å². The smallest absolute Gasteiger partial charge is 0.329 e. The Labute approximate surface area is 143 Å². The highest BCUT2D eigenvalue weighted by atomic mass is 32.3. The summed E-state index contributed by atoms with van der Waals surface area (Å²) >= 11 is 0. The first-order valence-corrected chi connectivity index (χ1v) is 9.36. The van der Waals surface area contributed by atoms with Gasteiger partial charge in [0.2, 0.25) is 0 Å². The van der Waals surface area contributed by atoms with Crippen molar-refractivity contribution in [2.45, 2.75) is 0 Å². The van der Waals surface area contributed by atoms with Crippen molar-refractivity contribution < 1.29 is 34.8 Å². The highest BCUT2D eigenvalue weighted by Gasteiger charge is 2.29. The Morgan fingerprint density at radius 3 is 1.28 bits per heavy atom. The molecule has 0 unspecified atom stereocenters. The van der Waals surface area contributed by atoms with Gasteiger partial charge in [-0.1, -0.05) is 36.4 Å². The Morgan fingerprint density at radius 2 is 0.960 bits per heavy atom. The summed E-state index contributed by atoms with van der Waals surface area (Å²) in [7, 11) is -10.2. The quantitative estimate of drug-likeness (QED) is 0.771. The maximum absolute atomic E-state index is 11.6. The molecule has 2 aromatic rings. The van der Waals surface area contributed by atoms with Crippen molar-refractivity contribution in [3.63, 3.8) is 0 Å². The van der Waals surface area contributed by atoms with Crippen molar-refractivity contribution in [2.75, 3.05) is 0 Å². The van der Waals surface area contributed by atoms with E-state index in [2.05, 4.69) is 8.37 Å². The summed E-state index contributed by atoms with van der Waals surface area (Å²) in [5.41, 5.74) is -0.238. The van der Waals surface area contributed by atoms with Gasteiger partial charge in [0.05, 0.1) is 11.1 Å². The van der Waals surface area contributed by atoms with Gasteiger partial charge in [0.1, 0.15) is 0 Å². The van der Waals surface area contributed by atoms with Gasteiger partial charge in [0, 0.05) is 0 Å². The number of hydrogen-bond acceptors (Lipinski definition) is 8. The molecule has 0 saturated heterocycles. The highest BCUT2D eigenvalue weighted by Crippen LogP contribution is 2.07. The van der Waals surface area contributed by atoms with E-state index in [1.807, 2.05) is 0 Å². The predicted octanol–water partition coefficient (Wildman–Crippen LogP) is 0.780. The zero-order valence-electron chi connectivity index (χ0n) is 12.4. The lowest BCUT2D eigenvalue weighted by molar-refractivity contribution is 0.0743. The first-order chi connectivity index (χ1) is 11.7. The third-order valence-electron chi connectivity index (χ3n) is 2.59. The molecular weight excluding hydrogens is 374 g/mol. The topological polar surface area (TPSA) is 133 Å². The third kappa shape index (κ3) is 5.67. The number of rotatable bonds is 6. The summed E-state index contributed by atoms with van der Waals surface area (Å²) in [4.78, 5) is 23.3. The molecule has 0 aliphatic rings. The van der Waals surface area contributed by atoms with Crippen molar-refractivity contribution in [3.8, 4) is 0 Å². The Morgan fingerprint density at radius 1 is 0.640 bits per heavy atom. The predicted molar refractivity (Wildman–Crippen MR) is 84.7 cm³/mol. The Balaban J connectivity index is 2.06. The maximum atomic E-state index is 11.6. The molecular formula is C14H11NO8S2. The lowest BCUT2D eigenvalue weighted by atomic mass is 10.2. The van der Waals surface area contributed by atoms with Gasteiger partial charge in [-0.15, -0.1) is 0 Å². The van der Waals surface area contributed by atoms with E-state index in [0.717, 1.165) is 4.13 Å². The lowest BCUT2D eigenvalue weighted by Crippen LogP contribution is -2.36. The van der Waals surface area contributed by atoms with Crippen molar-refractivity contribution >= 4 is 32.5 Å². The average molecular weight is 385 g/mol. The summed E-state index contributed by atoms with van der Waals surface area (Å²) in [6.45, 7) is 0. The number of hydrogen-bond donors (Lipinski definition) is 1. The molecule has 0 saturated carbocycles. The van der Waals surface area contributed by atoms with Crippen molar-refractivity contribution in [1.29, 1.82) is 0 Å². The zero-order valence-corrected chi connectivity index (χ0v) is 14.0. The van der Waals surface area contributed by atoms with Crippen LogP contribution >= 0.6 is 0 Å². The molecule has 1 N–H and O–H groups in total. The summed E-state index contributed by atoms with van der Waals surface area (Å²) in [6.07, 6.45) is 0. The number of carbonyl (C=O) groups is 2. The Kier molecular flexibility index (Phi) is 5.51. The molecule has 0 radical (unpaired) electrons. The number of benzene rings is 2. The van der Waals surface area contributed by atoms with Crippen LogP contribution in [0.25, 0.3) is 0 Å². The van der Waals surface area contributed by atoms with Crippen LogP contribution in [0, 0.1) is 0 Å². The van der Waals surface area contributed by atoms with E-state index >= 15 is 0 Å². The minimum atomic E-state index is -5.08. The van der Waals surface area contributed by atoms with E-state index in [1.165, 1.54) is 48.5 Å². The molecule has 0 fully saturated rings. The summed E-state index contributed by atoms with van der Waals surface area (Å²) < 4.78 is 55.7. The van der Waals surface area contributed by atoms with Crippen LogP contribution in [0.2, 0.25) is 0 Å². The Hall–Kier alpha value is -2.76. The molecule has 9 nitrogen and oxygen atoms in total. The second-order valence-corrected chi connectivity index (χ2v) is 7.28. The zero-order chi connectivity index (χ0) is 18.5. The summed E-state index contributed by atoms with van der Waals surface area (Å²) in [6, 6.07) is 14.0. The fraction of sp³-hybridized carbons (Fsp3) is 0. The molecule has 11 heteroatoms. The fourth-order valence-corrected chi connectivity index (χ4v) is 3.47. The minimum absolute atomic E-state index is 0.119. The van der Waals surface area contributed by atoms with Crippen LogP contribution in [0.5, 0.6) is 0 Å². The van der Waals surface area contributed by atoms with Crippen LogP contribution in [0.4, 0.5) is 0 Å². The number of carbonyl (C=O) groups excluding carboxylic acids is 2. The van der Waals surface area contributed by atoms with E-state index in [4.69, 9.17) is 0 Å². The van der Waals surface area contributed by atoms with E-state index in [0.29, 0.717) is 0 Å². The van der Waals surface area contributed by atoms with Crippen molar-refractivity contribution in [1.82, 2.24) is 4.13 Å². The van der Waals surface area contributed by atoms with Gasteiger partial charge >= 0.3 is 32.5 Å². The van der Waals surface area contributed by atoms with Gasteiger partial charge in [-0.3, -0.25) is 0 Å². The second kappa shape index (κ2) is 7.42. The molecule has 0 amide bonds. The van der Waals surface area contributed by atoms with Crippen LogP contribution in [0.1, 0.15) is 20.7 Å². The van der Waals surface area contributed by atoms with Gasteiger partial charge in [0.15, 0.2) is 0 Å². The normalized spacial score (nSPS) is 11.5. The van der Waals surface area contributed by atoms with Crippen LogP contribution in [0.3, 0.4) is 0 Å². The van der Waals surface area contributed by atoms with Gasteiger partial charge in [0.25, 0.3) is 0 Å². The fourth-order valence-electron chi connectivity index (χ4n) is 1.60. The molecule has 0 spiro atoms. The molecule has 132 valence electrons. The maximum Gasteiger partial charge on any atom is 0.401 e. The lowest BCUT2D eigenvalue weighted by Gasteiger charge is -2.08. The minimum Gasteiger partial charge on any atom is -0.329 e. The van der Waals surface area contributed by atoms with Crippen LogP contribution in [-0.2, 0) is 29.0 Å². The first kappa shape index (κ1) is 18.6. The van der Waals surface area contributed by atoms with E-state index < -0.39 is 32.5 Å². The summed E-state index contributed by atoms with van der Waals surface area (Å²) in [5, 5.41) is 0. The van der Waals surface area contributed by atoms with E-state index in [9.17, 15) is 26.4 Å². The monoisotopic (exact) mass is 385 g/mol. The molecule has 2 aromatic carbocycles. The van der Waals surface area contributed by atoms with Gasteiger partial charge < -0.3 is 8.37 Å². The Bertz CT molecular complexity index is 889. The molecule has 0 aliphatic carbocycles. The SMILES string of the molecule is O=C(OS(=O)(=O)NS(=O)(=O)OC(=O)c1ccccc1)c1ccccc1. The molecule has 25 heavy (non-hydrogen) atoms. The van der Waals surface area contributed by atoms with E-state index in [1.54, 1.807) is 12.1 Å². The highest BCUT2D eigenvalue weighted by molar-refractivity contribution is 8.00. The molecule has 2 rings (SSSR count). The van der Waals surface area contributed by atoms with E-state index in [-0.39, 0.29) is 11.1 Å².